The fourth-order valence-electron chi connectivity index (χ4n) is 2.46. The molecular formula is C21H24O6. The summed E-state index contributed by atoms with van der Waals surface area (Å²) in [7, 11) is 4.49. The monoisotopic (exact) mass is 372 g/mol. The Morgan fingerprint density at radius 1 is 1.00 bits per heavy atom. The first kappa shape index (κ1) is 20.2. The van der Waals surface area contributed by atoms with Gasteiger partial charge in [-0.2, -0.15) is 0 Å². The highest BCUT2D eigenvalue weighted by Gasteiger charge is 2.15. The Bertz CT molecular complexity index is 800. The lowest BCUT2D eigenvalue weighted by Gasteiger charge is -2.13. The van der Waals surface area contributed by atoms with E-state index in [1.54, 1.807) is 36.4 Å². The average molecular weight is 372 g/mol. The lowest BCUT2D eigenvalue weighted by Crippen LogP contribution is -2.00. The molecule has 0 saturated carbocycles. The van der Waals surface area contributed by atoms with E-state index in [4.69, 9.17) is 18.9 Å². The van der Waals surface area contributed by atoms with Crippen LogP contribution in [0.5, 0.6) is 28.7 Å². The van der Waals surface area contributed by atoms with Crippen LogP contribution in [0.4, 0.5) is 0 Å². The second-order valence-corrected chi connectivity index (χ2v) is 5.69. The van der Waals surface area contributed by atoms with Crippen molar-refractivity contribution in [3.63, 3.8) is 0 Å². The predicted molar refractivity (Wildman–Crippen MR) is 103 cm³/mol. The summed E-state index contributed by atoms with van der Waals surface area (Å²) >= 11 is 0. The number of rotatable bonds is 9. The van der Waals surface area contributed by atoms with Crippen LogP contribution < -0.4 is 18.9 Å². The number of hydrogen-bond acceptors (Lipinski definition) is 6. The van der Waals surface area contributed by atoms with Crippen LogP contribution in [0.25, 0.3) is 6.08 Å². The van der Waals surface area contributed by atoms with Gasteiger partial charge in [0.15, 0.2) is 28.8 Å². The van der Waals surface area contributed by atoms with Gasteiger partial charge in [-0.05, 0) is 42.3 Å². The number of carbonyl (C=O) groups excluding carboxylic acids is 1. The molecule has 6 nitrogen and oxygen atoms in total. The quantitative estimate of drug-likeness (QED) is 0.528. The van der Waals surface area contributed by atoms with E-state index in [1.807, 2.05) is 6.92 Å². The summed E-state index contributed by atoms with van der Waals surface area (Å²) in [6, 6.07) is 8.17. The lowest BCUT2D eigenvalue weighted by molar-refractivity contribution is 0.104. The molecule has 6 heteroatoms. The first-order chi connectivity index (χ1) is 13.0. The third-order valence-electron chi connectivity index (χ3n) is 3.82. The fourth-order valence-corrected chi connectivity index (χ4v) is 2.46. The molecule has 0 bridgehead atoms. The summed E-state index contributed by atoms with van der Waals surface area (Å²) in [6.07, 6.45) is 3.89. The number of ketones is 1. The molecule has 1 N–H and O–H groups in total. The molecule has 2 aromatic rings. The second-order valence-electron chi connectivity index (χ2n) is 5.69. The smallest absolute Gasteiger partial charge is 0.203 e. The molecule has 0 aromatic heterocycles. The standard InChI is InChI=1S/C21H24O6/c1-5-10-27-18-9-7-14(11-17(18)23)6-8-16(22)15-12-19(24-2)21(26-4)20(13-15)25-3/h6-9,11-13,23H,5,10H2,1-4H3/b8-6+. The molecule has 0 amide bonds. The number of aromatic hydroxyl groups is 1. The lowest BCUT2D eigenvalue weighted by atomic mass is 10.1. The van der Waals surface area contributed by atoms with Crippen LogP contribution in [0.2, 0.25) is 0 Å². The van der Waals surface area contributed by atoms with Crippen LogP contribution in [0, 0.1) is 0 Å². The summed E-state index contributed by atoms with van der Waals surface area (Å²) in [6.45, 7) is 2.52. The molecule has 2 aromatic carbocycles. The van der Waals surface area contributed by atoms with E-state index < -0.39 is 0 Å². The van der Waals surface area contributed by atoms with Crippen molar-refractivity contribution in [3.8, 4) is 28.7 Å². The molecule has 0 aliphatic rings. The van der Waals surface area contributed by atoms with Gasteiger partial charge in [-0.25, -0.2) is 0 Å². The Labute approximate surface area is 158 Å². The molecule has 144 valence electrons. The van der Waals surface area contributed by atoms with Gasteiger partial charge in [0.05, 0.1) is 27.9 Å². The number of allylic oxidation sites excluding steroid dienone is 1. The first-order valence-corrected chi connectivity index (χ1v) is 8.52. The van der Waals surface area contributed by atoms with Crippen molar-refractivity contribution in [1.82, 2.24) is 0 Å². The van der Waals surface area contributed by atoms with Gasteiger partial charge < -0.3 is 24.1 Å². The average Bonchev–Trinajstić information content (AvgIpc) is 2.69. The molecule has 0 saturated heterocycles. The predicted octanol–water partition coefficient (Wildman–Crippen LogP) is 4.10. The molecule has 0 radical (unpaired) electrons. The highest BCUT2D eigenvalue weighted by Crippen LogP contribution is 2.38. The molecule has 0 aliphatic carbocycles. The van der Waals surface area contributed by atoms with Gasteiger partial charge in [-0.1, -0.05) is 19.1 Å². The molecule has 0 unspecified atom stereocenters. The largest absolute Gasteiger partial charge is 0.504 e. The van der Waals surface area contributed by atoms with Gasteiger partial charge in [-0.3, -0.25) is 4.79 Å². The van der Waals surface area contributed by atoms with Gasteiger partial charge in [0.25, 0.3) is 0 Å². The third kappa shape index (κ3) is 4.94. The number of phenols is 1. The normalized spacial score (nSPS) is 10.7. The number of phenolic OH excluding ortho intramolecular Hbond substituents is 1. The molecule has 0 aliphatic heterocycles. The van der Waals surface area contributed by atoms with E-state index in [0.29, 0.717) is 40.7 Å². The van der Waals surface area contributed by atoms with Gasteiger partial charge in [0, 0.05) is 5.56 Å². The molecule has 0 fully saturated rings. The third-order valence-corrected chi connectivity index (χ3v) is 3.82. The molecule has 0 atom stereocenters. The van der Waals surface area contributed by atoms with Crippen molar-refractivity contribution >= 4 is 11.9 Å². The summed E-state index contributed by atoms with van der Waals surface area (Å²) in [4.78, 5) is 12.5. The van der Waals surface area contributed by atoms with Crippen molar-refractivity contribution in [1.29, 1.82) is 0 Å². The van der Waals surface area contributed by atoms with Crippen molar-refractivity contribution in [2.75, 3.05) is 27.9 Å². The maximum atomic E-state index is 12.5. The first-order valence-electron chi connectivity index (χ1n) is 8.52. The van der Waals surface area contributed by atoms with Gasteiger partial charge in [0.1, 0.15) is 0 Å². The minimum absolute atomic E-state index is 0.0332. The van der Waals surface area contributed by atoms with Crippen LogP contribution in [0.1, 0.15) is 29.3 Å². The molecule has 2 rings (SSSR count). The van der Waals surface area contributed by atoms with Gasteiger partial charge in [-0.15, -0.1) is 0 Å². The van der Waals surface area contributed by atoms with E-state index in [0.717, 1.165) is 6.42 Å². The Morgan fingerprint density at radius 2 is 1.67 bits per heavy atom. The van der Waals surface area contributed by atoms with Crippen molar-refractivity contribution in [2.45, 2.75) is 13.3 Å². The molecular weight excluding hydrogens is 348 g/mol. The zero-order valence-corrected chi connectivity index (χ0v) is 15.9. The number of methoxy groups -OCH3 is 3. The number of ether oxygens (including phenoxy) is 4. The Kier molecular flexibility index (Phi) is 7.11. The van der Waals surface area contributed by atoms with E-state index in [9.17, 15) is 9.90 Å². The topological polar surface area (TPSA) is 74.2 Å². The summed E-state index contributed by atoms with van der Waals surface area (Å²) < 4.78 is 21.2. The number of hydrogen-bond donors (Lipinski definition) is 1. The highest BCUT2D eigenvalue weighted by molar-refractivity contribution is 6.07. The maximum Gasteiger partial charge on any atom is 0.203 e. The zero-order chi connectivity index (χ0) is 19.8. The number of benzene rings is 2. The van der Waals surface area contributed by atoms with Crippen LogP contribution in [-0.4, -0.2) is 38.8 Å². The Balaban J connectivity index is 2.23. The van der Waals surface area contributed by atoms with Crippen molar-refractivity contribution in [3.05, 3.63) is 47.5 Å². The van der Waals surface area contributed by atoms with Crippen LogP contribution in [-0.2, 0) is 0 Å². The molecule has 0 spiro atoms. The fraction of sp³-hybridized carbons (Fsp3) is 0.286. The minimum Gasteiger partial charge on any atom is -0.504 e. The summed E-state index contributed by atoms with van der Waals surface area (Å²) in [5.41, 5.74) is 1.07. The van der Waals surface area contributed by atoms with E-state index in [-0.39, 0.29) is 11.5 Å². The highest BCUT2D eigenvalue weighted by atomic mass is 16.5. The van der Waals surface area contributed by atoms with Crippen molar-refractivity contribution in [2.24, 2.45) is 0 Å². The molecule has 0 heterocycles. The Hall–Kier alpha value is -3.15. The zero-order valence-electron chi connectivity index (χ0n) is 15.9. The van der Waals surface area contributed by atoms with Gasteiger partial charge in [0.2, 0.25) is 5.75 Å². The van der Waals surface area contributed by atoms with Crippen LogP contribution in [0.3, 0.4) is 0 Å². The van der Waals surface area contributed by atoms with Crippen LogP contribution >= 0.6 is 0 Å². The summed E-state index contributed by atoms with van der Waals surface area (Å²) in [5.74, 6) is 1.45. The summed E-state index contributed by atoms with van der Waals surface area (Å²) in [5, 5.41) is 10.0. The van der Waals surface area contributed by atoms with E-state index in [2.05, 4.69) is 0 Å². The Morgan fingerprint density at radius 3 is 2.19 bits per heavy atom. The van der Waals surface area contributed by atoms with E-state index >= 15 is 0 Å². The maximum absolute atomic E-state index is 12.5. The van der Waals surface area contributed by atoms with Crippen LogP contribution in [0.15, 0.2) is 36.4 Å². The van der Waals surface area contributed by atoms with Crippen molar-refractivity contribution < 1.29 is 28.8 Å². The SMILES string of the molecule is CCCOc1ccc(/C=C/C(=O)c2cc(OC)c(OC)c(OC)c2)cc1O. The van der Waals surface area contributed by atoms with E-state index in [1.165, 1.54) is 27.4 Å². The van der Waals surface area contributed by atoms with Gasteiger partial charge >= 0.3 is 0 Å². The molecule has 27 heavy (non-hydrogen) atoms. The second kappa shape index (κ2) is 9.52. The minimum atomic E-state index is -0.236. The number of carbonyl (C=O) groups is 1.